The van der Waals surface area contributed by atoms with Crippen LogP contribution in [0, 0.1) is 0 Å². The van der Waals surface area contributed by atoms with Crippen LogP contribution >= 0.6 is 0 Å². The van der Waals surface area contributed by atoms with Gasteiger partial charge in [0.15, 0.2) is 0 Å². The number of benzene rings is 1. The second-order valence-electron chi connectivity index (χ2n) is 6.56. The Morgan fingerprint density at radius 3 is 2.96 bits per heavy atom. The minimum absolute atomic E-state index is 0.238. The minimum Gasteiger partial charge on any atom is -0.497 e. The molecule has 1 fully saturated rings. The first-order valence-electron chi connectivity index (χ1n) is 9.07. The molecule has 27 heavy (non-hydrogen) atoms. The monoisotopic (exact) mass is 365 g/mol. The van der Waals surface area contributed by atoms with Crippen LogP contribution in [0.1, 0.15) is 12.8 Å². The highest BCUT2D eigenvalue weighted by Crippen LogP contribution is 2.23. The van der Waals surface area contributed by atoms with Crippen molar-refractivity contribution in [1.29, 1.82) is 0 Å². The van der Waals surface area contributed by atoms with Crippen molar-refractivity contribution in [3.8, 4) is 22.7 Å². The fraction of sp³-hybridized carbons (Fsp3) is 0.350. The average molecular weight is 365 g/mol. The number of anilines is 1. The Kier molecular flexibility index (Phi) is 5.02. The lowest BCUT2D eigenvalue weighted by molar-refractivity contribution is 0.0889. The Labute approximate surface area is 158 Å². The van der Waals surface area contributed by atoms with Crippen molar-refractivity contribution in [2.75, 3.05) is 32.2 Å². The highest BCUT2D eigenvalue weighted by molar-refractivity contribution is 5.59. The van der Waals surface area contributed by atoms with E-state index in [-0.39, 0.29) is 6.10 Å². The van der Waals surface area contributed by atoms with Crippen LogP contribution in [0.5, 0.6) is 5.75 Å². The summed E-state index contributed by atoms with van der Waals surface area (Å²) in [5.74, 6) is 1.54. The SMILES string of the molecule is COc1cccc(-n2cc(-c3ccnc(N4CCC[C@@H](OC)C4)n3)cn2)c1. The van der Waals surface area contributed by atoms with Gasteiger partial charge in [-0.1, -0.05) is 6.07 Å². The summed E-state index contributed by atoms with van der Waals surface area (Å²) in [6.45, 7) is 1.77. The Balaban J connectivity index is 1.58. The quantitative estimate of drug-likeness (QED) is 0.693. The third-order valence-corrected chi connectivity index (χ3v) is 4.83. The summed E-state index contributed by atoms with van der Waals surface area (Å²) in [6, 6.07) is 9.70. The number of hydrogen-bond acceptors (Lipinski definition) is 6. The molecule has 4 rings (SSSR count). The van der Waals surface area contributed by atoms with Gasteiger partial charge >= 0.3 is 0 Å². The van der Waals surface area contributed by atoms with Crippen LogP contribution in [-0.4, -0.2) is 53.2 Å². The molecule has 0 bridgehead atoms. The summed E-state index contributed by atoms with van der Waals surface area (Å²) >= 11 is 0. The van der Waals surface area contributed by atoms with Gasteiger partial charge in [0, 0.05) is 44.2 Å². The molecule has 7 nitrogen and oxygen atoms in total. The summed E-state index contributed by atoms with van der Waals surface area (Å²) in [4.78, 5) is 11.4. The summed E-state index contributed by atoms with van der Waals surface area (Å²) in [7, 11) is 3.42. The molecule has 3 aromatic rings. The van der Waals surface area contributed by atoms with Crippen LogP contribution in [0.15, 0.2) is 48.9 Å². The predicted octanol–water partition coefficient (Wildman–Crippen LogP) is 2.95. The van der Waals surface area contributed by atoms with Crippen molar-refractivity contribution >= 4 is 5.95 Å². The topological polar surface area (TPSA) is 65.3 Å². The minimum atomic E-state index is 0.238. The number of hydrogen-bond donors (Lipinski definition) is 0. The van der Waals surface area contributed by atoms with Gasteiger partial charge in [0.05, 0.1) is 30.8 Å². The maximum atomic E-state index is 5.51. The molecule has 7 heteroatoms. The van der Waals surface area contributed by atoms with Crippen LogP contribution in [-0.2, 0) is 4.74 Å². The summed E-state index contributed by atoms with van der Waals surface area (Å²) < 4.78 is 12.6. The Hall–Kier alpha value is -2.93. The molecular formula is C20H23N5O2. The van der Waals surface area contributed by atoms with Gasteiger partial charge in [0.2, 0.25) is 5.95 Å². The van der Waals surface area contributed by atoms with Gasteiger partial charge in [-0.2, -0.15) is 5.10 Å². The summed E-state index contributed by atoms with van der Waals surface area (Å²) in [5, 5.41) is 4.47. The standard InChI is InChI=1S/C20H23N5O2/c1-26-17-6-3-5-16(11-17)25-13-15(12-22-25)19-8-9-21-20(23-19)24-10-4-7-18(14-24)27-2/h3,5-6,8-9,11-13,18H,4,7,10,14H2,1-2H3/t18-/m1/s1. The van der Waals surface area contributed by atoms with Crippen LogP contribution in [0.25, 0.3) is 16.9 Å². The lowest BCUT2D eigenvalue weighted by Crippen LogP contribution is -2.40. The molecule has 0 unspecified atom stereocenters. The average Bonchev–Trinajstić information content (AvgIpc) is 3.24. The van der Waals surface area contributed by atoms with E-state index in [0.29, 0.717) is 0 Å². The number of rotatable bonds is 5. The second-order valence-corrected chi connectivity index (χ2v) is 6.56. The van der Waals surface area contributed by atoms with Crippen LogP contribution in [0.2, 0.25) is 0 Å². The van der Waals surface area contributed by atoms with E-state index >= 15 is 0 Å². The lowest BCUT2D eigenvalue weighted by atomic mass is 10.1. The Morgan fingerprint density at radius 2 is 2.11 bits per heavy atom. The number of nitrogens with zero attached hydrogens (tertiary/aromatic N) is 5. The second kappa shape index (κ2) is 7.75. The van der Waals surface area contributed by atoms with Gasteiger partial charge in [-0.3, -0.25) is 0 Å². The molecular weight excluding hydrogens is 342 g/mol. The van der Waals surface area contributed by atoms with Gasteiger partial charge in [-0.05, 0) is 31.0 Å². The highest BCUT2D eigenvalue weighted by Gasteiger charge is 2.21. The first-order chi connectivity index (χ1) is 13.3. The molecule has 0 N–H and O–H groups in total. The van der Waals surface area contributed by atoms with Gasteiger partial charge < -0.3 is 14.4 Å². The predicted molar refractivity (Wildman–Crippen MR) is 103 cm³/mol. The first kappa shape index (κ1) is 17.5. The Morgan fingerprint density at radius 1 is 1.19 bits per heavy atom. The van der Waals surface area contributed by atoms with Crippen molar-refractivity contribution < 1.29 is 9.47 Å². The van der Waals surface area contributed by atoms with Crippen LogP contribution in [0.3, 0.4) is 0 Å². The largest absolute Gasteiger partial charge is 0.497 e. The molecule has 2 aromatic heterocycles. The third kappa shape index (κ3) is 3.78. The number of aromatic nitrogens is 4. The fourth-order valence-corrected chi connectivity index (χ4v) is 3.32. The number of ether oxygens (including phenoxy) is 2. The van der Waals surface area contributed by atoms with E-state index in [1.165, 1.54) is 0 Å². The van der Waals surface area contributed by atoms with Crippen LogP contribution < -0.4 is 9.64 Å². The van der Waals surface area contributed by atoms with Gasteiger partial charge in [0.25, 0.3) is 0 Å². The van der Waals surface area contributed by atoms with E-state index in [1.807, 2.05) is 47.4 Å². The molecule has 0 radical (unpaired) electrons. The number of piperidine rings is 1. The van der Waals surface area contributed by atoms with Crippen molar-refractivity contribution in [2.24, 2.45) is 0 Å². The molecule has 1 aromatic carbocycles. The zero-order valence-corrected chi connectivity index (χ0v) is 15.6. The Bertz CT molecular complexity index is 911. The highest BCUT2D eigenvalue weighted by atomic mass is 16.5. The molecule has 1 saturated heterocycles. The van der Waals surface area contributed by atoms with E-state index in [9.17, 15) is 0 Å². The van der Waals surface area contributed by atoms with Gasteiger partial charge in [-0.25, -0.2) is 14.6 Å². The van der Waals surface area contributed by atoms with Gasteiger partial charge in [0.1, 0.15) is 5.75 Å². The third-order valence-electron chi connectivity index (χ3n) is 4.83. The van der Waals surface area contributed by atoms with Gasteiger partial charge in [-0.15, -0.1) is 0 Å². The lowest BCUT2D eigenvalue weighted by Gasteiger charge is -2.31. The molecule has 1 aliphatic heterocycles. The smallest absolute Gasteiger partial charge is 0.225 e. The molecule has 0 amide bonds. The zero-order chi connectivity index (χ0) is 18.6. The van der Waals surface area contributed by atoms with Crippen molar-refractivity contribution in [2.45, 2.75) is 18.9 Å². The molecule has 0 spiro atoms. The zero-order valence-electron chi connectivity index (χ0n) is 15.6. The van der Waals surface area contributed by atoms with E-state index in [1.54, 1.807) is 20.4 Å². The van der Waals surface area contributed by atoms with E-state index in [2.05, 4.69) is 15.0 Å². The molecule has 0 aliphatic carbocycles. The van der Waals surface area contributed by atoms with E-state index in [4.69, 9.17) is 14.5 Å². The van der Waals surface area contributed by atoms with E-state index < -0.39 is 0 Å². The van der Waals surface area contributed by atoms with Crippen molar-refractivity contribution in [1.82, 2.24) is 19.7 Å². The fourth-order valence-electron chi connectivity index (χ4n) is 3.32. The molecule has 1 aliphatic rings. The normalized spacial score (nSPS) is 17.1. The summed E-state index contributed by atoms with van der Waals surface area (Å²) in [5.41, 5.74) is 2.74. The number of methoxy groups -OCH3 is 2. The molecule has 3 heterocycles. The van der Waals surface area contributed by atoms with Crippen LogP contribution in [0.4, 0.5) is 5.95 Å². The maximum absolute atomic E-state index is 5.51. The molecule has 140 valence electrons. The van der Waals surface area contributed by atoms with E-state index in [0.717, 1.165) is 54.6 Å². The maximum Gasteiger partial charge on any atom is 0.225 e. The summed E-state index contributed by atoms with van der Waals surface area (Å²) in [6.07, 6.45) is 7.99. The molecule has 0 saturated carbocycles. The first-order valence-corrected chi connectivity index (χ1v) is 9.07. The molecule has 1 atom stereocenters. The van der Waals surface area contributed by atoms with Crippen molar-refractivity contribution in [3.63, 3.8) is 0 Å². The van der Waals surface area contributed by atoms with Crippen molar-refractivity contribution in [3.05, 3.63) is 48.9 Å².